The summed E-state index contributed by atoms with van der Waals surface area (Å²) in [6.07, 6.45) is -0.141. The van der Waals surface area contributed by atoms with Gasteiger partial charge in [0, 0.05) is 12.0 Å². The summed E-state index contributed by atoms with van der Waals surface area (Å²) in [6.45, 7) is 1.56. The molecule has 2 heterocycles. The van der Waals surface area contributed by atoms with Crippen LogP contribution in [0.15, 0.2) is 30.3 Å². The van der Waals surface area contributed by atoms with Gasteiger partial charge in [-0.15, -0.1) is 0 Å². The van der Waals surface area contributed by atoms with E-state index in [0.717, 1.165) is 5.56 Å². The predicted molar refractivity (Wildman–Crippen MR) is 72.6 cm³/mol. The summed E-state index contributed by atoms with van der Waals surface area (Å²) >= 11 is 0. The van der Waals surface area contributed by atoms with Crippen molar-refractivity contribution in [1.29, 1.82) is 0 Å². The molecule has 2 fully saturated rings. The van der Waals surface area contributed by atoms with Gasteiger partial charge in [0.05, 0.1) is 13.2 Å². The van der Waals surface area contributed by atoms with Crippen LogP contribution in [0.3, 0.4) is 0 Å². The maximum atomic E-state index is 12.2. The van der Waals surface area contributed by atoms with E-state index in [1.165, 1.54) is 4.90 Å². The minimum Gasteiger partial charge on any atom is -0.480 e. The number of benzene rings is 1. The Morgan fingerprint density at radius 3 is 2.62 bits per heavy atom. The number of aliphatic carboxylic acids is 1. The van der Waals surface area contributed by atoms with Crippen molar-refractivity contribution in [1.82, 2.24) is 4.90 Å². The van der Waals surface area contributed by atoms with E-state index in [4.69, 9.17) is 9.47 Å². The molecule has 0 unspecified atom stereocenters. The summed E-state index contributed by atoms with van der Waals surface area (Å²) in [6, 6.07) is 8.49. The SMILES string of the molecule is O=C(O)[C@H]1CC2(COC2)CN1C(=O)OCc1ccccc1. The average molecular weight is 291 g/mol. The number of carbonyl (C=O) groups is 2. The van der Waals surface area contributed by atoms with Crippen molar-refractivity contribution in [2.75, 3.05) is 19.8 Å². The number of carbonyl (C=O) groups excluding carboxylic acids is 1. The van der Waals surface area contributed by atoms with Crippen molar-refractivity contribution in [2.45, 2.75) is 19.1 Å². The summed E-state index contributed by atoms with van der Waals surface area (Å²) < 4.78 is 10.4. The molecule has 3 rings (SSSR count). The zero-order valence-corrected chi connectivity index (χ0v) is 11.5. The van der Waals surface area contributed by atoms with Crippen LogP contribution in [0.5, 0.6) is 0 Å². The van der Waals surface area contributed by atoms with Crippen LogP contribution in [0.1, 0.15) is 12.0 Å². The van der Waals surface area contributed by atoms with Gasteiger partial charge in [-0.25, -0.2) is 9.59 Å². The second-order valence-electron chi connectivity index (χ2n) is 5.72. The largest absolute Gasteiger partial charge is 0.480 e. The molecule has 6 nitrogen and oxygen atoms in total. The first-order chi connectivity index (χ1) is 10.1. The summed E-state index contributed by atoms with van der Waals surface area (Å²) in [5, 5.41) is 9.28. The van der Waals surface area contributed by atoms with Gasteiger partial charge in [0.15, 0.2) is 0 Å². The van der Waals surface area contributed by atoms with Gasteiger partial charge in [0.2, 0.25) is 0 Å². The lowest BCUT2D eigenvalue weighted by Gasteiger charge is -2.37. The van der Waals surface area contributed by atoms with E-state index in [-0.39, 0.29) is 12.0 Å². The smallest absolute Gasteiger partial charge is 0.410 e. The Morgan fingerprint density at radius 2 is 2.05 bits per heavy atom. The van der Waals surface area contributed by atoms with Gasteiger partial charge in [-0.3, -0.25) is 4.90 Å². The Bertz CT molecular complexity index is 540. The fourth-order valence-corrected chi connectivity index (χ4v) is 2.87. The number of carboxylic acid groups (broad SMARTS) is 1. The monoisotopic (exact) mass is 291 g/mol. The summed E-state index contributed by atoms with van der Waals surface area (Å²) in [5.41, 5.74) is 0.674. The van der Waals surface area contributed by atoms with E-state index >= 15 is 0 Å². The molecule has 21 heavy (non-hydrogen) atoms. The molecule has 1 amide bonds. The number of amides is 1. The summed E-state index contributed by atoms with van der Waals surface area (Å²) in [5.74, 6) is -0.990. The first-order valence-electron chi connectivity index (χ1n) is 6.88. The third-order valence-corrected chi connectivity index (χ3v) is 4.05. The van der Waals surface area contributed by atoms with Gasteiger partial charge in [-0.2, -0.15) is 0 Å². The Morgan fingerprint density at radius 1 is 1.33 bits per heavy atom. The minimum absolute atomic E-state index is 0.145. The third kappa shape index (κ3) is 2.71. The number of likely N-dealkylation sites (tertiary alicyclic amines) is 1. The van der Waals surface area contributed by atoms with Gasteiger partial charge < -0.3 is 14.6 Å². The lowest BCUT2D eigenvalue weighted by atomic mass is 9.84. The second kappa shape index (κ2) is 5.37. The Balaban J connectivity index is 1.64. The van der Waals surface area contributed by atoms with Crippen LogP contribution in [0.25, 0.3) is 0 Å². The molecule has 112 valence electrons. The van der Waals surface area contributed by atoms with Crippen molar-refractivity contribution in [3.8, 4) is 0 Å². The Labute approximate surface area is 122 Å². The highest BCUT2D eigenvalue weighted by Gasteiger charge is 2.53. The normalized spacial score (nSPS) is 22.9. The molecule has 0 aromatic heterocycles. The minimum atomic E-state index is -0.990. The maximum absolute atomic E-state index is 12.2. The molecule has 2 aliphatic heterocycles. The molecule has 1 atom stereocenters. The molecular weight excluding hydrogens is 274 g/mol. The molecule has 2 aliphatic rings. The van der Waals surface area contributed by atoms with E-state index in [2.05, 4.69) is 0 Å². The molecule has 0 aliphatic carbocycles. The van der Waals surface area contributed by atoms with E-state index in [1.54, 1.807) is 0 Å². The molecule has 1 spiro atoms. The van der Waals surface area contributed by atoms with Crippen molar-refractivity contribution in [3.05, 3.63) is 35.9 Å². The Hall–Kier alpha value is -2.08. The number of carboxylic acids is 1. The van der Waals surface area contributed by atoms with Crippen molar-refractivity contribution >= 4 is 12.1 Å². The molecule has 0 saturated carbocycles. The number of hydrogen-bond donors (Lipinski definition) is 1. The zero-order chi connectivity index (χ0) is 14.9. The van der Waals surface area contributed by atoms with Crippen molar-refractivity contribution in [3.63, 3.8) is 0 Å². The molecule has 0 bridgehead atoms. The van der Waals surface area contributed by atoms with E-state index < -0.39 is 18.1 Å². The van der Waals surface area contributed by atoms with Crippen molar-refractivity contribution in [2.24, 2.45) is 5.41 Å². The quantitative estimate of drug-likeness (QED) is 0.913. The molecule has 1 aromatic rings. The van der Waals surface area contributed by atoms with E-state index in [0.29, 0.717) is 26.2 Å². The highest BCUT2D eigenvalue weighted by atomic mass is 16.6. The predicted octanol–water partition coefficient (Wildman–Crippen LogP) is 1.50. The highest BCUT2D eigenvalue weighted by molar-refractivity contribution is 5.81. The summed E-state index contributed by atoms with van der Waals surface area (Å²) in [4.78, 5) is 24.8. The van der Waals surface area contributed by atoms with Crippen LogP contribution in [-0.4, -0.2) is 47.9 Å². The van der Waals surface area contributed by atoms with Gasteiger partial charge in [0.25, 0.3) is 0 Å². The number of ether oxygens (including phenoxy) is 2. The highest BCUT2D eigenvalue weighted by Crippen LogP contribution is 2.41. The van der Waals surface area contributed by atoms with Gasteiger partial charge >= 0.3 is 12.1 Å². The molecule has 2 saturated heterocycles. The lowest BCUT2D eigenvalue weighted by molar-refractivity contribution is -0.142. The van der Waals surface area contributed by atoms with Crippen LogP contribution in [0.2, 0.25) is 0 Å². The topological polar surface area (TPSA) is 76.1 Å². The Kier molecular flexibility index (Phi) is 3.55. The van der Waals surface area contributed by atoms with Crippen LogP contribution >= 0.6 is 0 Å². The molecular formula is C15H17NO5. The van der Waals surface area contributed by atoms with Gasteiger partial charge in [-0.05, 0) is 12.0 Å². The zero-order valence-electron chi connectivity index (χ0n) is 11.5. The van der Waals surface area contributed by atoms with Crippen LogP contribution < -0.4 is 0 Å². The van der Waals surface area contributed by atoms with E-state index in [1.807, 2.05) is 30.3 Å². The van der Waals surface area contributed by atoms with Crippen molar-refractivity contribution < 1.29 is 24.2 Å². The average Bonchev–Trinajstić information content (AvgIpc) is 2.87. The maximum Gasteiger partial charge on any atom is 0.410 e. The van der Waals surface area contributed by atoms with E-state index in [9.17, 15) is 14.7 Å². The number of nitrogens with zero attached hydrogens (tertiary/aromatic N) is 1. The van der Waals surface area contributed by atoms with Gasteiger partial charge in [0.1, 0.15) is 12.6 Å². The molecule has 0 radical (unpaired) electrons. The fourth-order valence-electron chi connectivity index (χ4n) is 2.87. The van der Waals surface area contributed by atoms with Gasteiger partial charge in [-0.1, -0.05) is 30.3 Å². The number of rotatable bonds is 3. The molecule has 1 aromatic carbocycles. The summed E-state index contributed by atoms with van der Waals surface area (Å²) in [7, 11) is 0. The lowest BCUT2D eigenvalue weighted by Crippen LogP contribution is -2.45. The van der Waals surface area contributed by atoms with Crippen LogP contribution in [0.4, 0.5) is 4.79 Å². The first-order valence-corrected chi connectivity index (χ1v) is 6.88. The molecule has 1 N–H and O–H groups in total. The third-order valence-electron chi connectivity index (χ3n) is 4.05. The number of hydrogen-bond acceptors (Lipinski definition) is 4. The first kappa shape index (κ1) is 13.9. The fraction of sp³-hybridized carbons (Fsp3) is 0.467. The second-order valence-corrected chi connectivity index (χ2v) is 5.72. The van der Waals surface area contributed by atoms with Crippen LogP contribution in [-0.2, 0) is 20.9 Å². The van der Waals surface area contributed by atoms with Crippen LogP contribution in [0, 0.1) is 5.41 Å². The molecule has 6 heteroatoms. The standard InChI is InChI=1S/C15H17NO5/c17-13(18)12-6-15(9-20-10-15)8-16(12)14(19)21-7-11-4-2-1-3-5-11/h1-5,12H,6-10H2,(H,17,18)/t12-/m1/s1.